The van der Waals surface area contributed by atoms with Gasteiger partial charge in [0.05, 0.1) is 18.8 Å². The van der Waals surface area contributed by atoms with E-state index in [1.807, 2.05) is 12.1 Å². The van der Waals surface area contributed by atoms with Crippen LogP contribution in [-0.4, -0.2) is 17.6 Å². The van der Waals surface area contributed by atoms with Crippen LogP contribution >= 0.6 is 0 Å². The Hall–Kier alpha value is -1.55. The van der Waals surface area contributed by atoms with Gasteiger partial charge in [-0.25, -0.2) is 0 Å². The summed E-state index contributed by atoms with van der Waals surface area (Å²) in [6.45, 7) is 8.43. The van der Waals surface area contributed by atoms with Crippen LogP contribution in [0.15, 0.2) is 12.1 Å². The minimum absolute atomic E-state index is 0.0299. The molecule has 2 rings (SSSR count). The first kappa shape index (κ1) is 16.8. The zero-order valence-electron chi connectivity index (χ0n) is 14.0. The molecule has 0 aliphatic carbocycles. The number of benzene rings is 1. The maximum atomic E-state index is 11.4. The average molecular weight is 305 g/mol. The highest BCUT2D eigenvalue weighted by molar-refractivity contribution is 5.73. The number of ether oxygens (including phenoxy) is 1. The minimum Gasteiger partial charge on any atom is -0.493 e. The van der Waals surface area contributed by atoms with Crippen LogP contribution in [0.4, 0.5) is 0 Å². The molecule has 2 unspecified atom stereocenters. The fourth-order valence-corrected chi connectivity index (χ4v) is 3.04. The number of hydrogen-bond acceptors (Lipinski definition) is 3. The molecule has 0 aromatic heterocycles. The van der Waals surface area contributed by atoms with Crippen molar-refractivity contribution < 1.29 is 14.6 Å². The van der Waals surface area contributed by atoms with E-state index in [0.717, 1.165) is 41.7 Å². The molecule has 2 N–H and O–H groups in total. The predicted octanol–water partition coefficient (Wildman–Crippen LogP) is 3.29. The Morgan fingerprint density at radius 3 is 2.77 bits per heavy atom. The van der Waals surface area contributed by atoms with Gasteiger partial charge >= 0.3 is 0 Å². The van der Waals surface area contributed by atoms with Gasteiger partial charge in [0.25, 0.3) is 0 Å². The standard InChI is InChI=1S/C18H27NO3/c1-5-13-9-14(17(21)8-11(2)3)10-15-16(19-12(4)20)6-7-22-18(13)15/h9-11,16-17,21H,5-8H2,1-4H3,(H,19,20). The van der Waals surface area contributed by atoms with Crippen molar-refractivity contribution in [3.63, 3.8) is 0 Å². The fourth-order valence-electron chi connectivity index (χ4n) is 3.04. The second kappa shape index (κ2) is 7.14. The summed E-state index contributed by atoms with van der Waals surface area (Å²) in [6.07, 6.45) is 1.86. The van der Waals surface area contributed by atoms with Gasteiger partial charge in [0, 0.05) is 18.9 Å². The third kappa shape index (κ3) is 3.80. The first-order chi connectivity index (χ1) is 10.4. The van der Waals surface area contributed by atoms with Crippen molar-refractivity contribution in [3.05, 3.63) is 28.8 Å². The molecule has 22 heavy (non-hydrogen) atoms. The van der Waals surface area contributed by atoms with E-state index in [9.17, 15) is 9.90 Å². The second-order valence-corrected chi connectivity index (χ2v) is 6.49. The van der Waals surface area contributed by atoms with E-state index >= 15 is 0 Å². The van der Waals surface area contributed by atoms with E-state index in [2.05, 4.69) is 26.1 Å². The third-order valence-corrected chi connectivity index (χ3v) is 4.08. The summed E-state index contributed by atoms with van der Waals surface area (Å²) in [5.41, 5.74) is 3.02. The van der Waals surface area contributed by atoms with Crippen molar-refractivity contribution in [1.29, 1.82) is 0 Å². The number of carbonyl (C=O) groups excluding carboxylic acids is 1. The van der Waals surface area contributed by atoms with Crippen LogP contribution in [0.2, 0.25) is 0 Å². The van der Waals surface area contributed by atoms with Crippen LogP contribution in [0.5, 0.6) is 5.75 Å². The van der Waals surface area contributed by atoms with Gasteiger partial charge < -0.3 is 15.2 Å². The zero-order valence-corrected chi connectivity index (χ0v) is 14.0. The summed E-state index contributed by atoms with van der Waals surface area (Å²) in [5.74, 6) is 1.27. The van der Waals surface area contributed by atoms with Crippen LogP contribution in [0.1, 0.15) is 69.4 Å². The Labute approximate surface area is 132 Å². The first-order valence-electron chi connectivity index (χ1n) is 8.17. The van der Waals surface area contributed by atoms with Gasteiger partial charge in [-0.1, -0.05) is 20.8 Å². The maximum absolute atomic E-state index is 11.4. The quantitative estimate of drug-likeness (QED) is 0.877. The van der Waals surface area contributed by atoms with Crippen LogP contribution in [0.25, 0.3) is 0 Å². The number of amides is 1. The van der Waals surface area contributed by atoms with Gasteiger partial charge in [0.15, 0.2) is 0 Å². The van der Waals surface area contributed by atoms with Crippen LogP contribution < -0.4 is 10.1 Å². The number of aliphatic hydroxyl groups is 1. The molecule has 4 heteroatoms. The molecular weight excluding hydrogens is 278 g/mol. The minimum atomic E-state index is -0.476. The van der Waals surface area contributed by atoms with Gasteiger partial charge in [-0.2, -0.15) is 0 Å². The van der Waals surface area contributed by atoms with Gasteiger partial charge in [-0.3, -0.25) is 4.79 Å². The van der Waals surface area contributed by atoms with Crippen LogP contribution in [0, 0.1) is 5.92 Å². The number of rotatable bonds is 5. The lowest BCUT2D eigenvalue weighted by Crippen LogP contribution is -2.31. The highest BCUT2D eigenvalue weighted by atomic mass is 16.5. The molecule has 0 spiro atoms. The Morgan fingerprint density at radius 2 is 2.18 bits per heavy atom. The fraction of sp³-hybridized carbons (Fsp3) is 0.611. The Bertz CT molecular complexity index is 539. The molecule has 1 aromatic carbocycles. The highest BCUT2D eigenvalue weighted by Crippen LogP contribution is 2.38. The lowest BCUT2D eigenvalue weighted by Gasteiger charge is -2.29. The molecule has 0 fully saturated rings. The van der Waals surface area contributed by atoms with Crippen molar-refractivity contribution in [1.82, 2.24) is 5.32 Å². The van der Waals surface area contributed by atoms with E-state index in [0.29, 0.717) is 12.5 Å². The summed E-state index contributed by atoms with van der Waals surface area (Å²) in [5, 5.41) is 13.4. The predicted molar refractivity (Wildman–Crippen MR) is 86.9 cm³/mol. The van der Waals surface area contributed by atoms with E-state index in [-0.39, 0.29) is 11.9 Å². The molecule has 2 atom stereocenters. The topological polar surface area (TPSA) is 58.6 Å². The SMILES string of the molecule is CCc1cc(C(O)CC(C)C)cc2c1OCCC2NC(C)=O. The van der Waals surface area contributed by atoms with Crippen molar-refractivity contribution in [3.8, 4) is 5.75 Å². The number of carbonyl (C=O) groups is 1. The number of fused-ring (bicyclic) bond motifs is 1. The molecule has 0 radical (unpaired) electrons. The van der Waals surface area contributed by atoms with Gasteiger partial charge in [0.2, 0.25) is 5.91 Å². The van der Waals surface area contributed by atoms with Crippen LogP contribution in [-0.2, 0) is 11.2 Å². The molecule has 1 aliphatic heterocycles. The normalized spacial score (nSPS) is 18.5. The molecule has 1 heterocycles. The van der Waals surface area contributed by atoms with Crippen molar-refractivity contribution in [2.24, 2.45) is 5.92 Å². The van der Waals surface area contributed by atoms with E-state index in [1.54, 1.807) is 0 Å². The Morgan fingerprint density at radius 1 is 1.45 bits per heavy atom. The van der Waals surface area contributed by atoms with E-state index < -0.39 is 6.10 Å². The average Bonchev–Trinajstić information content (AvgIpc) is 2.45. The number of nitrogens with one attached hydrogen (secondary N) is 1. The number of hydrogen-bond donors (Lipinski definition) is 2. The van der Waals surface area contributed by atoms with Gasteiger partial charge in [-0.15, -0.1) is 0 Å². The number of aliphatic hydroxyl groups excluding tert-OH is 1. The molecule has 0 bridgehead atoms. The summed E-state index contributed by atoms with van der Waals surface area (Å²) >= 11 is 0. The monoisotopic (exact) mass is 305 g/mol. The Kier molecular flexibility index (Phi) is 5.46. The van der Waals surface area contributed by atoms with E-state index in [4.69, 9.17) is 4.74 Å². The summed E-state index contributed by atoms with van der Waals surface area (Å²) in [7, 11) is 0. The highest BCUT2D eigenvalue weighted by Gasteiger charge is 2.26. The summed E-state index contributed by atoms with van der Waals surface area (Å²) in [6, 6.07) is 4.02. The molecular formula is C18H27NO3. The molecule has 4 nitrogen and oxygen atoms in total. The molecule has 0 saturated carbocycles. The molecule has 1 aromatic rings. The second-order valence-electron chi connectivity index (χ2n) is 6.49. The first-order valence-corrected chi connectivity index (χ1v) is 8.17. The van der Waals surface area contributed by atoms with Crippen LogP contribution in [0.3, 0.4) is 0 Å². The van der Waals surface area contributed by atoms with Gasteiger partial charge in [0.1, 0.15) is 5.75 Å². The van der Waals surface area contributed by atoms with E-state index in [1.165, 1.54) is 6.92 Å². The largest absolute Gasteiger partial charge is 0.493 e. The Balaban J connectivity index is 2.41. The van der Waals surface area contributed by atoms with Gasteiger partial charge in [-0.05, 0) is 42.0 Å². The molecule has 0 saturated heterocycles. The van der Waals surface area contributed by atoms with Crippen molar-refractivity contribution >= 4 is 5.91 Å². The zero-order chi connectivity index (χ0) is 16.3. The number of aryl methyl sites for hydroxylation is 1. The van der Waals surface area contributed by atoms with Crippen molar-refractivity contribution in [2.75, 3.05) is 6.61 Å². The smallest absolute Gasteiger partial charge is 0.217 e. The molecule has 1 aliphatic rings. The third-order valence-electron chi connectivity index (χ3n) is 4.08. The summed E-state index contributed by atoms with van der Waals surface area (Å²) in [4.78, 5) is 11.4. The lowest BCUT2D eigenvalue weighted by atomic mass is 9.90. The maximum Gasteiger partial charge on any atom is 0.217 e. The molecule has 1 amide bonds. The van der Waals surface area contributed by atoms with Crippen molar-refractivity contribution in [2.45, 2.75) is 59.1 Å². The molecule has 122 valence electrons. The summed E-state index contributed by atoms with van der Waals surface area (Å²) < 4.78 is 5.84. The lowest BCUT2D eigenvalue weighted by molar-refractivity contribution is -0.119.